The third-order valence-electron chi connectivity index (χ3n) is 6.58. The standard InChI is InChI=1S/C21H33N5O3Si/c1-20(2,3)30(6,7)27-9-8-13-10-14(17-16(13)28-21(4,5)29-17)26-12-25-15-18(22)23-11-24-19(15)26/h10-12,14,16-17H,8-9H2,1-7H3,(H2,22,23,24)/t14-,16-,17+/m1/s1. The van der Waals surface area contributed by atoms with Crippen molar-refractivity contribution in [3.05, 3.63) is 24.3 Å². The molecule has 9 heteroatoms. The molecular formula is C21H33N5O3Si. The second-order valence-corrected chi connectivity index (χ2v) is 15.0. The van der Waals surface area contributed by atoms with Gasteiger partial charge in [-0.1, -0.05) is 26.8 Å². The molecule has 3 heterocycles. The van der Waals surface area contributed by atoms with Gasteiger partial charge in [0.2, 0.25) is 0 Å². The molecule has 0 saturated carbocycles. The molecule has 0 amide bonds. The zero-order valence-corrected chi connectivity index (χ0v) is 20.0. The number of nitrogens with two attached hydrogens (primary N) is 1. The van der Waals surface area contributed by atoms with Gasteiger partial charge < -0.3 is 24.2 Å². The maximum atomic E-state index is 6.41. The van der Waals surface area contributed by atoms with Crippen LogP contribution < -0.4 is 5.73 Å². The number of fused-ring (bicyclic) bond motifs is 2. The van der Waals surface area contributed by atoms with Crippen molar-refractivity contribution in [2.24, 2.45) is 0 Å². The Balaban J connectivity index is 1.60. The van der Waals surface area contributed by atoms with Crippen LogP contribution in [0.2, 0.25) is 18.1 Å². The molecule has 0 bridgehead atoms. The summed E-state index contributed by atoms with van der Waals surface area (Å²) < 4.78 is 21.0. The van der Waals surface area contributed by atoms with Gasteiger partial charge in [-0.2, -0.15) is 0 Å². The van der Waals surface area contributed by atoms with E-state index in [1.807, 2.05) is 18.4 Å². The summed E-state index contributed by atoms with van der Waals surface area (Å²) in [5.41, 5.74) is 8.49. The van der Waals surface area contributed by atoms with E-state index in [4.69, 9.17) is 19.6 Å². The Kier molecular flexibility index (Phi) is 5.08. The summed E-state index contributed by atoms with van der Waals surface area (Å²) in [5, 5.41) is 0.187. The van der Waals surface area contributed by atoms with Crippen molar-refractivity contribution < 1.29 is 13.9 Å². The Bertz CT molecular complexity index is 979. The quantitative estimate of drug-likeness (QED) is 0.568. The normalized spacial score (nSPS) is 26.2. The van der Waals surface area contributed by atoms with Gasteiger partial charge >= 0.3 is 0 Å². The lowest BCUT2D eigenvalue weighted by Gasteiger charge is -2.36. The van der Waals surface area contributed by atoms with Crippen LogP contribution >= 0.6 is 0 Å². The zero-order chi connectivity index (χ0) is 21.9. The van der Waals surface area contributed by atoms with E-state index in [0.29, 0.717) is 23.6 Å². The van der Waals surface area contributed by atoms with Gasteiger partial charge in [-0.15, -0.1) is 0 Å². The van der Waals surface area contributed by atoms with Gasteiger partial charge in [0, 0.05) is 6.61 Å². The topological polar surface area (TPSA) is 97.3 Å². The summed E-state index contributed by atoms with van der Waals surface area (Å²) >= 11 is 0. The summed E-state index contributed by atoms with van der Waals surface area (Å²) in [7, 11) is -1.80. The van der Waals surface area contributed by atoms with Crippen molar-refractivity contribution in [1.29, 1.82) is 0 Å². The van der Waals surface area contributed by atoms with Gasteiger partial charge in [0.05, 0.1) is 12.4 Å². The number of hydrogen-bond donors (Lipinski definition) is 1. The highest BCUT2D eigenvalue weighted by Crippen LogP contribution is 2.45. The van der Waals surface area contributed by atoms with E-state index in [0.717, 1.165) is 6.42 Å². The van der Waals surface area contributed by atoms with E-state index >= 15 is 0 Å². The van der Waals surface area contributed by atoms with Gasteiger partial charge in [-0.25, -0.2) is 15.0 Å². The molecule has 3 atom stereocenters. The Labute approximate surface area is 179 Å². The van der Waals surface area contributed by atoms with E-state index in [2.05, 4.69) is 54.9 Å². The highest BCUT2D eigenvalue weighted by atomic mass is 28.4. The minimum atomic E-state index is -1.80. The summed E-state index contributed by atoms with van der Waals surface area (Å²) in [6.07, 6.45) is 6.01. The molecule has 1 aliphatic heterocycles. The van der Waals surface area contributed by atoms with E-state index in [-0.39, 0.29) is 23.3 Å². The maximum absolute atomic E-state index is 6.41. The van der Waals surface area contributed by atoms with Crippen LogP contribution in [0.1, 0.15) is 47.1 Å². The second-order valence-electron chi connectivity index (χ2n) is 10.2. The number of nitrogens with zero attached hydrogens (tertiary/aromatic N) is 4. The van der Waals surface area contributed by atoms with Crippen LogP contribution in [0.15, 0.2) is 24.3 Å². The molecule has 1 fully saturated rings. The summed E-state index contributed by atoms with van der Waals surface area (Å²) in [5.74, 6) is -0.262. The van der Waals surface area contributed by atoms with Crippen LogP contribution in [0.4, 0.5) is 5.82 Å². The number of imidazole rings is 1. The second kappa shape index (κ2) is 7.12. The minimum absolute atomic E-state index is 0.0704. The molecule has 0 radical (unpaired) electrons. The fourth-order valence-electron chi connectivity index (χ4n) is 3.93. The lowest BCUT2D eigenvalue weighted by Crippen LogP contribution is -2.41. The average molecular weight is 432 g/mol. The van der Waals surface area contributed by atoms with E-state index < -0.39 is 14.1 Å². The number of anilines is 1. The Morgan fingerprint density at radius 3 is 2.63 bits per heavy atom. The van der Waals surface area contributed by atoms with Gasteiger partial charge in [-0.3, -0.25) is 0 Å². The van der Waals surface area contributed by atoms with Gasteiger partial charge in [-0.05, 0) is 44.0 Å². The Morgan fingerprint density at radius 1 is 1.20 bits per heavy atom. The predicted octanol–water partition coefficient (Wildman–Crippen LogP) is 3.82. The van der Waals surface area contributed by atoms with Crippen LogP contribution in [-0.2, 0) is 13.9 Å². The molecule has 164 valence electrons. The molecule has 2 N–H and O–H groups in total. The van der Waals surface area contributed by atoms with Crippen molar-refractivity contribution in [2.75, 3.05) is 12.3 Å². The van der Waals surface area contributed by atoms with Gasteiger partial charge in [0.15, 0.2) is 25.6 Å². The van der Waals surface area contributed by atoms with Crippen LogP contribution in [0, 0.1) is 0 Å². The van der Waals surface area contributed by atoms with Gasteiger partial charge in [0.1, 0.15) is 24.1 Å². The zero-order valence-electron chi connectivity index (χ0n) is 19.0. The monoisotopic (exact) mass is 431 g/mol. The minimum Gasteiger partial charge on any atom is -0.417 e. The van der Waals surface area contributed by atoms with Crippen LogP contribution in [0.25, 0.3) is 11.2 Å². The molecular weight excluding hydrogens is 398 g/mol. The molecule has 0 unspecified atom stereocenters. The Morgan fingerprint density at radius 2 is 1.93 bits per heavy atom. The molecule has 0 spiro atoms. The number of rotatable bonds is 5. The third-order valence-corrected chi connectivity index (χ3v) is 11.1. The molecule has 30 heavy (non-hydrogen) atoms. The highest BCUT2D eigenvalue weighted by Gasteiger charge is 2.50. The first-order valence-electron chi connectivity index (χ1n) is 10.5. The first-order chi connectivity index (χ1) is 13.9. The molecule has 1 saturated heterocycles. The van der Waals surface area contributed by atoms with E-state index in [9.17, 15) is 0 Å². The van der Waals surface area contributed by atoms with Crippen LogP contribution in [0.5, 0.6) is 0 Å². The highest BCUT2D eigenvalue weighted by molar-refractivity contribution is 6.74. The van der Waals surface area contributed by atoms with Crippen molar-refractivity contribution >= 4 is 25.3 Å². The Hall–Kier alpha value is -1.81. The molecule has 2 aromatic rings. The molecule has 2 aliphatic rings. The predicted molar refractivity (Wildman–Crippen MR) is 118 cm³/mol. The molecule has 2 aromatic heterocycles. The fraction of sp³-hybridized carbons (Fsp3) is 0.667. The van der Waals surface area contributed by atoms with Gasteiger partial charge in [0.25, 0.3) is 0 Å². The van der Waals surface area contributed by atoms with E-state index in [1.165, 1.54) is 11.9 Å². The lowest BCUT2D eigenvalue weighted by atomic mass is 10.1. The molecule has 8 nitrogen and oxygen atoms in total. The molecule has 0 aromatic carbocycles. The maximum Gasteiger partial charge on any atom is 0.191 e. The first kappa shape index (κ1) is 21.4. The molecule has 1 aliphatic carbocycles. The lowest BCUT2D eigenvalue weighted by molar-refractivity contribution is -0.148. The largest absolute Gasteiger partial charge is 0.417 e. The first-order valence-corrected chi connectivity index (χ1v) is 13.4. The number of ether oxygens (including phenoxy) is 2. The fourth-order valence-corrected chi connectivity index (χ4v) is 4.97. The van der Waals surface area contributed by atoms with Crippen molar-refractivity contribution in [2.45, 2.75) is 83.2 Å². The van der Waals surface area contributed by atoms with Crippen molar-refractivity contribution in [3.63, 3.8) is 0 Å². The van der Waals surface area contributed by atoms with Crippen molar-refractivity contribution in [3.8, 4) is 0 Å². The van der Waals surface area contributed by atoms with Crippen LogP contribution in [0.3, 0.4) is 0 Å². The SMILES string of the molecule is CC1(C)O[C@@H]2[C@H](O1)C(CCO[Si](C)(C)C(C)(C)C)=C[C@H]2n1cnc2c(N)ncnc21. The summed E-state index contributed by atoms with van der Waals surface area (Å²) in [6.45, 7) is 15.9. The third kappa shape index (κ3) is 3.68. The number of nitrogen functional groups attached to an aromatic ring is 1. The summed E-state index contributed by atoms with van der Waals surface area (Å²) in [4.78, 5) is 12.9. The molecule has 4 rings (SSSR count). The number of aromatic nitrogens is 4. The van der Waals surface area contributed by atoms with E-state index in [1.54, 1.807) is 6.33 Å². The number of hydrogen-bond acceptors (Lipinski definition) is 7. The van der Waals surface area contributed by atoms with Crippen LogP contribution in [-0.4, -0.2) is 52.4 Å². The summed E-state index contributed by atoms with van der Waals surface area (Å²) in [6, 6.07) is -0.0704. The average Bonchev–Trinajstić information content (AvgIpc) is 3.26. The smallest absolute Gasteiger partial charge is 0.191 e. The van der Waals surface area contributed by atoms with Crippen molar-refractivity contribution in [1.82, 2.24) is 19.5 Å².